The van der Waals surface area contributed by atoms with Crippen molar-refractivity contribution < 1.29 is 24.2 Å². The van der Waals surface area contributed by atoms with Crippen LogP contribution in [0.4, 0.5) is 4.79 Å². The van der Waals surface area contributed by atoms with Gasteiger partial charge in [0.25, 0.3) is 0 Å². The van der Waals surface area contributed by atoms with Gasteiger partial charge in [0, 0.05) is 30.6 Å². The molecule has 11 heteroatoms. The van der Waals surface area contributed by atoms with Gasteiger partial charge in [0.1, 0.15) is 6.04 Å². The normalized spacial score (nSPS) is 25.0. The van der Waals surface area contributed by atoms with Crippen LogP contribution in [-0.2, 0) is 16.1 Å². The summed E-state index contributed by atoms with van der Waals surface area (Å²) in [6.07, 6.45) is 9.60. The van der Waals surface area contributed by atoms with Crippen molar-refractivity contribution in [3.8, 4) is 5.75 Å². The second kappa shape index (κ2) is 15.8. The van der Waals surface area contributed by atoms with Gasteiger partial charge < -0.3 is 30.3 Å². The molecule has 246 valence electrons. The van der Waals surface area contributed by atoms with Gasteiger partial charge >= 0.3 is 6.09 Å². The smallest absolute Gasteiger partial charge is 0.409 e. The number of nitrogens with zero attached hydrogens (tertiary/aromatic N) is 2. The zero-order valence-corrected chi connectivity index (χ0v) is 27.8. The Kier molecular flexibility index (Phi) is 11.8. The number of rotatable bonds is 10. The van der Waals surface area contributed by atoms with E-state index in [2.05, 4.69) is 17.6 Å². The van der Waals surface area contributed by atoms with Gasteiger partial charge in [-0.2, -0.15) is 0 Å². The maximum Gasteiger partial charge on any atom is 0.415 e. The van der Waals surface area contributed by atoms with Crippen molar-refractivity contribution in [2.45, 2.75) is 95.8 Å². The monoisotopic (exact) mass is 658 g/mol. The second-order valence-electron chi connectivity index (χ2n) is 13.3. The molecule has 2 atom stereocenters. The molecule has 1 aliphatic heterocycles. The number of carbonyl (C=O) groups excluding carboxylic acids is 3. The van der Waals surface area contributed by atoms with E-state index in [1.807, 2.05) is 17.5 Å². The number of para-hydroxylation sites is 1. The van der Waals surface area contributed by atoms with Crippen molar-refractivity contribution >= 4 is 40.8 Å². The van der Waals surface area contributed by atoms with Gasteiger partial charge in [-0.25, -0.2) is 4.79 Å². The minimum atomic E-state index is -0.857. The number of thiophene rings is 1. The van der Waals surface area contributed by atoms with Gasteiger partial charge in [-0.05, 0) is 67.0 Å². The third-order valence-electron chi connectivity index (χ3n) is 9.88. The molecule has 3 fully saturated rings. The average molecular weight is 659 g/mol. The highest BCUT2D eigenvalue weighted by molar-refractivity contribution is 7.09. The number of nitrogens with one attached hydrogen (secondary N) is 2. The minimum absolute atomic E-state index is 0.0275. The molecule has 45 heavy (non-hydrogen) atoms. The zero-order valence-electron chi connectivity index (χ0n) is 26.2. The summed E-state index contributed by atoms with van der Waals surface area (Å²) < 4.78 is 5.59. The first-order valence-electron chi connectivity index (χ1n) is 16.4. The van der Waals surface area contributed by atoms with E-state index in [1.165, 1.54) is 24.2 Å². The number of amides is 3. The summed E-state index contributed by atoms with van der Waals surface area (Å²) in [4.78, 5) is 45.6. The molecule has 1 saturated heterocycles. The fraction of sp³-hybridized carbons (Fsp3) is 0.618. The van der Waals surface area contributed by atoms with E-state index in [0.717, 1.165) is 49.8 Å². The summed E-state index contributed by atoms with van der Waals surface area (Å²) in [5, 5.41) is 18.9. The Balaban J connectivity index is 1.33. The third-order valence-corrected chi connectivity index (χ3v) is 11.1. The molecule has 0 bridgehead atoms. The Morgan fingerprint density at radius 3 is 2.51 bits per heavy atom. The van der Waals surface area contributed by atoms with E-state index in [1.54, 1.807) is 40.5 Å². The van der Waals surface area contributed by atoms with Crippen molar-refractivity contribution in [3.63, 3.8) is 0 Å². The maximum atomic E-state index is 14.5. The van der Waals surface area contributed by atoms with E-state index >= 15 is 0 Å². The molecule has 2 aromatic rings. The van der Waals surface area contributed by atoms with Gasteiger partial charge in [-0.3, -0.25) is 9.59 Å². The first-order valence-corrected chi connectivity index (χ1v) is 17.7. The molecule has 0 radical (unpaired) electrons. The molecule has 0 spiro atoms. The van der Waals surface area contributed by atoms with Crippen LogP contribution in [0.25, 0.3) is 0 Å². The number of ether oxygens (including phenoxy) is 1. The predicted octanol–water partition coefficient (Wildman–Crippen LogP) is 5.60. The number of aliphatic hydroxyl groups is 1. The molecule has 5 rings (SSSR count). The molecule has 1 aromatic heterocycles. The fourth-order valence-electron chi connectivity index (χ4n) is 6.95. The lowest BCUT2D eigenvalue weighted by Crippen LogP contribution is -2.65. The molecule has 3 aliphatic rings. The molecule has 2 heterocycles. The summed E-state index contributed by atoms with van der Waals surface area (Å²) >= 11 is 7.78. The van der Waals surface area contributed by atoms with E-state index in [4.69, 9.17) is 16.3 Å². The van der Waals surface area contributed by atoms with Crippen LogP contribution in [0.2, 0.25) is 5.02 Å². The number of aliphatic hydroxyl groups excluding tert-OH is 1. The average Bonchev–Trinajstić information content (AvgIpc) is 3.59. The topological polar surface area (TPSA) is 111 Å². The Morgan fingerprint density at radius 1 is 1.07 bits per heavy atom. The van der Waals surface area contributed by atoms with Gasteiger partial charge in [0.2, 0.25) is 11.8 Å². The molecule has 1 aromatic carbocycles. The Hall–Kier alpha value is -2.66. The van der Waals surface area contributed by atoms with E-state index in [-0.39, 0.29) is 55.3 Å². The lowest BCUT2D eigenvalue weighted by atomic mass is 9.74. The number of piperazine rings is 1. The fourth-order valence-corrected chi connectivity index (χ4v) is 7.77. The highest BCUT2D eigenvalue weighted by Gasteiger charge is 2.41. The highest BCUT2D eigenvalue weighted by Crippen LogP contribution is 2.36. The van der Waals surface area contributed by atoms with Crippen LogP contribution in [0.5, 0.6) is 5.75 Å². The summed E-state index contributed by atoms with van der Waals surface area (Å²) in [5.41, 5.74) is -0.0677. The van der Waals surface area contributed by atoms with Crippen molar-refractivity contribution in [2.75, 3.05) is 26.2 Å². The van der Waals surface area contributed by atoms with Crippen LogP contribution in [0.15, 0.2) is 41.8 Å². The maximum absolute atomic E-state index is 14.5. The van der Waals surface area contributed by atoms with Crippen molar-refractivity contribution in [1.29, 1.82) is 0 Å². The lowest BCUT2D eigenvalue weighted by Gasteiger charge is -2.43. The number of carbonyl (C=O) groups is 3. The van der Waals surface area contributed by atoms with Crippen LogP contribution in [-0.4, -0.2) is 77.2 Å². The first kappa shape index (κ1) is 33.7. The molecular weight excluding hydrogens is 612 g/mol. The number of hydrogen-bond acceptors (Lipinski definition) is 7. The Labute approximate surface area is 275 Å². The van der Waals surface area contributed by atoms with Crippen LogP contribution in [0.3, 0.4) is 0 Å². The van der Waals surface area contributed by atoms with Crippen molar-refractivity contribution in [3.05, 3.63) is 51.7 Å². The minimum Gasteiger partial charge on any atom is -0.409 e. The summed E-state index contributed by atoms with van der Waals surface area (Å²) in [6.45, 7) is 3.16. The second-order valence-corrected chi connectivity index (χ2v) is 14.7. The molecule has 9 nitrogen and oxygen atoms in total. The zero-order chi connectivity index (χ0) is 31.8. The van der Waals surface area contributed by atoms with Crippen LogP contribution < -0.4 is 15.4 Å². The summed E-state index contributed by atoms with van der Waals surface area (Å²) in [6, 6.07) is 9.58. The van der Waals surface area contributed by atoms with Gasteiger partial charge in [-0.1, -0.05) is 68.8 Å². The van der Waals surface area contributed by atoms with Gasteiger partial charge in [0.05, 0.1) is 24.2 Å². The quantitative estimate of drug-likeness (QED) is 0.307. The van der Waals surface area contributed by atoms with Crippen LogP contribution >= 0.6 is 22.9 Å². The molecule has 2 aliphatic carbocycles. The van der Waals surface area contributed by atoms with E-state index < -0.39 is 18.2 Å². The molecular formula is C34H47ClN4O5S. The van der Waals surface area contributed by atoms with Crippen molar-refractivity contribution in [2.24, 2.45) is 11.3 Å². The number of benzene rings is 1. The van der Waals surface area contributed by atoms with E-state index in [0.29, 0.717) is 17.5 Å². The lowest BCUT2D eigenvalue weighted by molar-refractivity contribution is -0.145. The molecule has 2 saturated carbocycles. The van der Waals surface area contributed by atoms with Crippen LogP contribution in [0.1, 0.15) is 76.0 Å². The van der Waals surface area contributed by atoms with Crippen LogP contribution in [0, 0.1) is 11.3 Å². The summed E-state index contributed by atoms with van der Waals surface area (Å²) in [7, 11) is 0. The Morgan fingerprint density at radius 2 is 1.82 bits per heavy atom. The van der Waals surface area contributed by atoms with Crippen molar-refractivity contribution in [1.82, 2.24) is 20.4 Å². The first-order chi connectivity index (χ1) is 21.7. The largest absolute Gasteiger partial charge is 0.415 e. The number of halogens is 1. The Bertz CT molecular complexity index is 1280. The van der Waals surface area contributed by atoms with Gasteiger partial charge in [0.15, 0.2) is 5.75 Å². The molecule has 3 N–H and O–H groups in total. The summed E-state index contributed by atoms with van der Waals surface area (Å²) in [5.74, 6) is 0.346. The van der Waals surface area contributed by atoms with E-state index in [9.17, 15) is 19.5 Å². The standard InChI is InChI=1S/C34H47ClN4O5S/c1-34(23-40)15-13-25(14-16-34)37-28(20-24-8-3-2-4-9-24)32(42)39-18-17-38(33(43)44-30-12-6-5-11-27(30)35)22-29(39)31(41)36-21-26-10-7-19-45-26/h5-7,10-12,19,24-25,28-29,37,40H,2-4,8-9,13-18,20-23H2,1H3,(H,36,41)/t25?,28-,29+,34?/m1/s1. The SMILES string of the molecule is CC1(CO)CCC(N[C@H](CC2CCCCC2)C(=O)N2CCN(C(=O)Oc3ccccc3Cl)C[C@H]2C(=O)NCc2cccs2)CC1. The highest BCUT2D eigenvalue weighted by atomic mass is 35.5. The third kappa shape index (κ3) is 8.99. The number of hydrogen-bond donors (Lipinski definition) is 3. The molecule has 3 amide bonds. The molecule has 0 unspecified atom stereocenters. The predicted molar refractivity (Wildman–Crippen MR) is 176 cm³/mol. The van der Waals surface area contributed by atoms with Gasteiger partial charge in [-0.15, -0.1) is 11.3 Å².